The molecule has 29 heavy (non-hydrogen) atoms. The van der Waals surface area contributed by atoms with E-state index in [9.17, 15) is 10.1 Å². The number of nitro groups is 1. The van der Waals surface area contributed by atoms with Crippen molar-refractivity contribution in [2.24, 2.45) is 0 Å². The largest absolute Gasteiger partial charge is 0.487 e. The number of unbranched alkanes of at least 4 members (excludes halogenated alkanes) is 1. The minimum atomic E-state index is -1.82. The third kappa shape index (κ3) is 9.35. The molecule has 0 saturated carbocycles. The highest BCUT2D eigenvalue weighted by Gasteiger charge is 2.21. The van der Waals surface area contributed by atoms with Crippen LogP contribution >= 0.6 is 0 Å². The Bertz CT molecular complexity index is 687. The number of carboxylic acids is 2. The van der Waals surface area contributed by atoms with Crippen LogP contribution in [-0.4, -0.2) is 70.4 Å². The number of hydrogen-bond acceptors (Lipinski definition) is 7. The Kier molecular flexibility index (Phi) is 10.0. The molecule has 2 N–H and O–H groups in total. The van der Waals surface area contributed by atoms with Gasteiger partial charge in [0.05, 0.1) is 23.7 Å². The van der Waals surface area contributed by atoms with Crippen LogP contribution in [-0.2, 0) is 14.3 Å². The van der Waals surface area contributed by atoms with Crippen molar-refractivity contribution in [2.45, 2.75) is 45.8 Å². The van der Waals surface area contributed by atoms with Crippen LogP contribution in [0.4, 0.5) is 5.69 Å². The van der Waals surface area contributed by atoms with Crippen molar-refractivity contribution < 1.29 is 34.2 Å². The lowest BCUT2D eigenvalue weighted by Crippen LogP contribution is -2.45. The van der Waals surface area contributed by atoms with Crippen molar-refractivity contribution in [3.05, 3.63) is 33.9 Å². The third-order valence-electron chi connectivity index (χ3n) is 4.12. The number of carbonyl (C=O) groups is 2. The standard InChI is InChI=1S/C17H26N2O4.C2H2O4/c1-13-6-7-17(16(10-13)19(20)21)22-9-5-4-8-18-11-14(2)23-15(3)12-18;3-1(4)2(5)6/h6-7,10,14-15H,4-5,8-9,11-12H2,1-3H3;(H,3,4)(H,5,6). The van der Waals surface area contributed by atoms with Crippen molar-refractivity contribution in [1.82, 2.24) is 4.90 Å². The minimum absolute atomic E-state index is 0.0424. The first kappa shape index (κ1) is 24.3. The molecular weight excluding hydrogens is 384 g/mol. The van der Waals surface area contributed by atoms with E-state index in [1.54, 1.807) is 12.1 Å². The van der Waals surface area contributed by atoms with E-state index in [1.807, 2.05) is 13.0 Å². The summed E-state index contributed by atoms with van der Waals surface area (Å²) in [5.74, 6) is -3.29. The first-order valence-corrected chi connectivity index (χ1v) is 9.32. The lowest BCUT2D eigenvalue weighted by molar-refractivity contribution is -0.385. The summed E-state index contributed by atoms with van der Waals surface area (Å²) in [4.78, 5) is 31.3. The van der Waals surface area contributed by atoms with E-state index in [4.69, 9.17) is 29.3 Å². The molecule has 2 rings (SSSR count). The number of nitrogens with zero attached hydrogens (tertiary/aromatic N) is 2. The second-order valence-electron chi connectivity index (χ2n) is 6.91. The molecule has 1 saturated heterocycles. The summed E-state index contributed by atoms with van der Waals surface area (Å²) in [5, 5.41) is 25.8. The Balaban J connectivity index is 0.000000612. The van der Waals surface area contributed by atoms with Crippen LogP contribution in [0.15, 0.2) is 18.2 Å². The van der Waals surface area contributed by atoms with E-state index in [2.05, 4.69) is 18.7 Å². The number of morpholine rings is 1. The summed E-state index contributed by atoms with van der Waals surface area (Å²) in [5.41, 5.74) is 0.903. The maximum atomic E-state index is 11.0. The van der Waals surface area contributed by atoms with E-state index >= 15 is 0 Å². The first-order chi connectivity index (χ1) is 13.6. The fourth-order valence-corrected chi connectivity index (χ4v) is 2.98. The molecule has 0 radical (unpaired) electrons. The van der Waals surface area contributed by atoms with Gasteiger partial charge in [-0.1, -0.05) is 6.07 Å². The molecule has 0 bridgehead atoms. The molecule has 10 heteroatoms. The molecule has 0 aromatic heterocycles. The molecule has 1 aliphatic rings. The monoisotopic (exact) mass is 412 g/mol. The molecule has 1 aromatic rings. The lowest BCUT2D eigenvalue weighted by Gasteiger charge is -2.35. The van der Waals surface area contributed by atoms with Crippen LogP contribution < -0.4 is 4.74 Å². The van der Waals surface area contributed by atoms with Crippen molar-refractivity contribution in [1.29, 1.82) is 0 Å². The summed E-state index contributed by atoms with van der Waals surface area (Å²) in [6, 6.07) is 5.06. The molecule has 162 valence electrons. The van der Waals surface area contributed by atoms with Gasteiger partial charge < -0.3 is 19.7 Å². The quantitative estimate of drug-likeness (QED) is 0.299. The summed E-state index contributed by atoms with van der Waals surface area (Å²) >= 11 is 0. The second kappa shape index (κ2) is 12.0. The van der Waals surface area contributed by atoms with Gasteiger partial charge >= 0.3 is 17.6 Å². The van der Waals surface area contributed by atoms with Gasteiger partial charge in [0.15, 0.2) is 5.75 Å². The number of ether oxygens (including phenoxy) is 2. The number of carboxylic acid groups (broad SMARTS) is 2. The van der Waals surface area contributed by atoms with Gasteiger partial charge in [0.25, 0.3) is 0 Å². The molecule has 0 spiro atoms. The Morgan fingerprint density at radius 2 is 1.79 bits per heavy atom. The van der Waals surface area contributed by atoms with Crippen LogP contribution in [0.3, 0.4) is 0 Å². The van der Waals surface area contributed by atoms with Crippen molar-refractivity contribution in [3.8, 4) is 5.75 Å². The Hall–Kier alpha value is -2.72. The van der Waals surface area contributed by atoms with Gasteiger partial charge in [0.1, 0.15) is 0 Å². The minimum Gasteiger partial charge on any atom is -0.487 e. The zero-order valence-electron chi connectivity index (χ0n) is 16.9. The number of nitro benzene ring substituents is 1. The van der Waals surface area contributed by atoms with Gasteiger partial charge in [0, 0.05) is 19.2 Å². The smallest absolute Gasteiger partial charge is 0.414 e. The highest BCUT2D eigenvalue weighted by molar-refractivity contribution is 6.27. The highest BCUT2D eigenvalue weighted by atomic mass is 16.6. The van der Waals surface area contributed by atoms with E-state index in [1.165, 1.54) is 0 Å². The zero-order chi connectivity index (χ0) is 22.0. The fourth-order valence-electron chi connectivity index (χ4n) is 2.98. The summed E-state index contributed by atoms with van der Waals surface area (Å²) in [7, 11) is 0. The predicted molar refractivity (Wildman–Crippen MR) is 104 cm³/mol. The van der Waals surface area contributed by atoms with Crippen LogP contribution in [0, 0.1) is 17.0 Å². The highest BCUT2D eigenvalue weighted by Crippen LogP contribution is 2.27. The van der Waals surface area contributed by atoms with Crippen molar-refractivity contribution in [3.63, 3.8) is 0 Å². The van der Waals surface area contributed by atoms with Gasteiger partial charge in [-0.25, -0.2) is 9.59 Å². The molecule has 1 aromatic carbocycles. The molecular formula is C19H28N2O8. The third-order valence-corrected chi connectivity index (χ3v) is 4.12. The maximum absolute atomic E-state index is 11.0. The zero-order valence-corrected chi connectivity index (χ0v) is 16.9. The maximum Gasteiger partial charge on any atom is 0.414 e. The number of aryl methyl sites for hydroxylation is 1. The number of rotatable bonds is 7. The summed E-state index contributed by atoms with van der Waals surface area (Å²) in [6.45, 7) is 9.48. The number of aliphatic carboxylic acids is 2. The molecule has 1 aliphatic heterocycles. The number of hydrogen-bond donors (Lipinski definition) is 2. The van der Waals surface area contributed by atoms with Crippen LogP contribution in [0.1, 0.15) is 32.3 Å². The average molecular weight is 412 g/mol. The second-order valence-corrected chi connectivity index (χ2v) is 6.91. The van der Waals surface area contributed by atoms with E-state index in [-0.39, 0.29) is 17.9 Å². The molecule has 1 heterocycles. The Morgan fingerprint density at radius 1 is 1.21 bits per heavy atom. The van der Waals surface area contributed by atoms with Gasteiger partial charge in [-0.2, -0.15) is 0 Å². The normalized spacial score (nSPS) is 19.0. The predicted octanol–water partition coefficient (Wildman–Crippen LogP) is 2.33. The van der Waals surface area contributed by atoms with E-state index in [0.717, 1.165) is 38.0 Å². The molecule has 10 nitrogen and oxygen atoms in total. The van der Waals surface area contributed by atoms with Crippen LogP contribution in [0.2, 0.25) is 0 Å². The van der Waals surface area contributed by atoms with Gasteiger partial charge in [-0.15, -0.1) is 0 Å². The van der Waals surface area contributed by atoms with Gasteiger partial charge in [-0.3, -0.25) is 15.0 Å². The number of benzene rings is 1. The van der Waals surface area contributed by atoms with Gasteiger partial charge in [0.2, 0.25) is 0 Å². The average Bonchev–Trinajstić information content (AvgIpc) is 2.62. The Morgan fingerprint density at radius 3 is 2.31 bits per heavy atom. The molecule has 2 unspecified atom stereocenters. The molecule has 0 amide bonds. The Labute approximate surface area is 169 Å². The topological polar surface area (TPSA) is 139 Å². The van der Waals surface area contributed by atoms with E-state index in [0.29, 0.717) is 12.4 Å². The van der Waals surface area contributed by atoms with E-state index < -0.39 is 16.9 Å². The summed E-state index contributed by atoms with van der Waals surface area (Å²) in [6.07, 6.45) is 2.46. The van der Waals surface area contributed by atoms with Crippen molar-refractivity contribution in [2.75, 3.05) is 26.2 Å². The fraction of sp³-hybridized carbons (Fsp3) is 0.579. The molecule has 2 atom stereocenters. The van der Waals surface area contributed by atoms with Crippen molar-refractivity contribution >= 4 is 17.6 Å². The van der Waals surface area contributed by atoms with Crippen LogP contribution in [0.5, 0.6) is 5.75 Å². The lowest BCUT2D eigenvalue weighted by atomic mass is 10.2. The molecule has 0 aliphatic carbocycles. The first-order valence-electron chi connectivity index (χ1n) is 9.32. The molecule has 1 fully saturated rings. The van der Waals surface area contributed by atoms with Gasteiger partial charge in [-0.05, 0) is 51.8 Å². The SMILES string of the molecule is Cc1ccc(OCCCCN2CC(C)OC(C)C2)c([N+](=O)[O-])c1.O=C(O)C(=O)O. The van der Waals surface area contributed by atoms with Crippen LogP contribution in [0.25, 0.3) is 0 Å². The summed E-state index contributed by atoms with van der Waals surface area (Å²) < 4.78 is 11.3.